The van der Waals surface area contributed by atoms with Gasteiger partial charge in [-0.15, -0.1) is 0 Å². The summed E-state index contributed by atoms with van der Waals surface area (Å²) in [4.78, 5) is 0. The van der Waals surface area contributed by atoms with Gasteiger partial charge in [0.05, 0.1) is 6.10 Å². The van der Waals surface area contributed by atoms with Crippen molar-refractivity contribution in [1.82, 2.24) is 0 Å². The van der Waals surface area contributed by atoms with Gasteiger partial charge in [0.25, 0.3) is 0 Å². The summed E-state index contributed by atoms with van der Waals surface area (Å²) >= 11 is 0. The SMILES string of the molecule is CC(C)[C@H]1CC(O)[C@]2(C)CCC[C@@H](C)[C@@H]2C1. The monoisotopic (exact) mass is 224 g/mol. The third-order valence-electron chi connectivity index (χ3n) is 5.70. The smallest absolute Gasteiger partial charge is 0.0599 e. The second-order valence-corrected chi connectivity index (χ2v) is 6.97. The fourth-order valence-corrected chi connectivity index (χ4v) is 4.28. The van der Waals surface area contributed by atoms with Gasteiger partial charge in [0.1, 0.15) is 0 Å². The molecule has 5 atom stereocenters. The molecule has 2 saturated carbocycles. The first-order valence-electron chi connectivity index (χ1n) is 7.13. The van der Waals surface area contributed by atoms with Crippen LogP contribution in [0.25, 0.3) is 0 Å². The Labute approximate surface area is 101 Å². The van der Waals surface area contributed by atoms with Crippen molar-refractivity contribution in [3.8, 4) is 0 Å². The van der Waals surface area contributed by atoms with E-state index in [1.165, 1.54) is 25.7 Å². The Kier molecular flexibility index (Phi) is 3.36. The Balaban J connectivity index is 2.18. The van der Waals surface area contributed by atoms with E-state index in [2.05, 4.69) is 27.7 Å². The predicted molar refractivity (Wildman–Crippen MR) is 68.2 cm³/mol. The van der Waals surface area contributed by atoms with Crippen molar-refractivity contribution >= 4 is 0 Å². The first kappa shape index (κ1) is 12.4. The van der Waals surface area contributed by atoms with E-state index in [1.807, 2.05) is 0 Å². The Morgan fingerprint density at radius 3 is 2.56 bits per heavy atom. The quantitative estimate of drug-likeness (QED) is 0.717. The van der Waals surface area contributed by atoms with Crippen LogP contribution in [0.1, 0.15) is 59.8 Å². The van der Waals surface area contributed by atoms with Crippen LogP contribution in [0.15, 0.2) is 0 Å². The Morgan fingerprint density at radius 1 is 1.25 bits per heavy atom. The molecule has 1 heteroatoms. The highest BCUT2D eigenvalue weighted by Gasteiger charge is 2.49. The minimum Gasteiger partial charge on any atom is -0.393 e. The normalized spacial score (nSPS) is 49.1. The molecular formula is C15H28O. The van der Waals surface area contributed by atoms with Gasteiger partial charge < -0.3 is 5.11 Å². The van der Waals surface area contributed by atoms with Crippen molar-refractivity contribution in [1.29, 1.82) is 0 Å². The van der Waals surface area contributed by atoms with Gasteiger partial charge in [-0.05, 0) is 48.3 Å². The number of fused-ring (bicyclic) bond motifs is 1. The fraction of sp³-hybridized carbons (Fsp3) is 1.00. The van der Waals surface area contributed by atoms with E-state index in [9.17, 15) is 5.11 Å². The molecule has 0 aromatic heterocycles. The highest BCUT2D eigenvalue weighted by molar-refractivity contribution is 4.99. The van der Waals surface area contributed by atoms with Crippen molar-refractivity contribution in [2.75, 3.05) is 0 Å². The first-order chi connectivity index (χ1) is 7.45. The molecule has 0 aliphatic heterocycles. The molecule has 2 aliphatic carbocycles. The van der Waals surface area contributed by atoms with Gasteiger partial charge in [-0.25, -0.2) is 0 Å². The lowest BCUT2D eigenvalue weighted by Gasteiger charge is -2.54. The third kappa shape index (κ3) is 1.92. The summed E-state index contributed by atoms with van der Waals surface area (Å²) in [5, 5.41) is 10.5. The average molecular weight is 224 g/mol. The summed E-state index contributed by atoms with van der Waals surface area (Å²) in [6.45, 7) is 9.37. The second kappa shape index (κ2) is 4.33. The predicted octanol–water partition coefficient (Wildman–Crippen LogP) is 3.86. The van der Waals surface area contributed by atoms with Gasteiger partial charge in [0, 0.05) is 0 Å². The Morgan fingerprint density at radius 2 is 1.94 bits per heavy atom. The van der Waals surface area contributed by atoms with Gasteiger partial charge in [-0.2, -0.15) is 0 Å². The van der Waals surface area contributed by atoms with Crippen LogP contribution >= 0.6 is 0 Å². The van der Waals surface area contributed by atoms with Crippen LogP contribution in [0.4, 0.5) is 0 Å². The average Bonchev–Trinajstić information content (AvgIpc) is 2.20. The minimum absolute atomic E-state index is 0.0543. The number of aliphatic hydroxyl groups is 1. The number of rotatable bonds is 1. The molecule has 1 unspecified atom stereocenters. The van der Waals surface area contributed by atoms with Crippen molar-refractivity contribution in [2.24, 2.45) is 29.1 Å². The molecule has 0 spiro atoms. The van der Waals surface area contributed by atoms with Gasteiger partial charge in [0.2, 0.25) is 0 Å². The first-order valence-corrected chi connectivity index (χ1v) is 7.13. The van der Waals surface area contributed by atoms with Crippen LogP contribution in [0.2, 0.25) is 0 Å². The number of hydrogen-bond acceptors (Lipinski definition) is 1. The maximum atomic E-state index is 10.5. The van der Waals surface area contributed by atoms with Crippen LogP contribution < -0.4 is 0 Å². The highest BCUT2D eigenvalue weighted by atomic mass is 16.3. The Hall–Kier alpha value is -0.0400. The van der Waals surface area contributed by atoms with E-state index < -0.39 is 0 Å². The van der Waals surface area contributed by atoms with Crippen molar-refractivity contribution in [2.45, 2.75) is 65.9 Å². The Bertz CT molecular complexity index is 248. The maximum absolute atomic E-state index is 10.5. The molecular weight excluding hydrogens is 196 g/mol. The molecule has 2 fully saturated rings. The van der Waals surface area contributed by atoms with E-state index >= 15 is 0 Å². The van der Waals surface area contributed by atoms with Crippen LogP contribution in [0.5, 0.6) is 0 Å². The summed E-state index contributed by atoms with van der Waals surface area (Å²) in [5.74, 6) is 3.05. The lowest BCUT2D eigenvalue weighted by Crippen LogP contribution is -2.50. The molecule has 1 nitrogen and oxygen atoms in total. The topological polar surface area (TPSA) is 20.2 Å². The molecule has 2 rings (SSSR count). The molecule has 0 bridgehead atoms. The lowest BCUT2D eigenvalue weighted by molar-refractivity contribution is -0.109. The van der Waals surface area contributed by atoms with Gasteiger partial charge in [-0.1, -0.05) is 40.5 Å². The standard InChI is InChI=1S/C15H28O/c1-10(2)12-8-13-11(3)6-5-7-15(13,4)14(16)9-12/h10-14,16H,5-9H2,1-4H3/t11-,12-,13+,14?,15-/m1/s1. The second-order valence-electron chi connectivity index (χ2n) is 6.97. The highest BCUT2D eigenvalue weighted by Crippen LogP contribution is 2.54. The molecule has 0 aromatic rings. The zero-order valence-corrected chi connectivity index (χ0v) is 11.4. The number of hydrogen-bond donors (Lipinski definition) is 1. The third-order valence-corrected chi connectivity index (χ3v) is 5.70. The van der Waals surface area contributed by atoms with E-state index in [4.69, 9.17) is 0 Å². The minimum atomic E-state index is -0.0543. The van der Waals surface area contributed by atoms with Gasteiger partial charge in [-0.3, -0.25) is 0 Å². The molecule has 1 N–H and O–H groups in total. The fourth-order valence-electron chi connectivity index (χ4n) is 4.28. The van der Waals surface area contributed by atoms with Gasteiger partial charge in [0.15, 0.2) is 0 Å². The van der Waals surface area contributed by atoms with Crippen molar-refractivity contribution < 1.29 is 5.11 Å². The zero-order chi connectivity index (χ0) is 11.9. The van der Waals surface area contributed by atoms with Gasteiger partial charge >= 0.3 is 0 Å². The lowest BCUT2D eigenvalue weighted by atomic mass is 9.53. The van der Waals surface area contributed by atoms with E-state index in [1.54, 1.807) is 0 Å². The summed E-state index contributed by atoms with van der Waals surface area (Å²) in [6, 6.07) is 0. The molecule has 0 heterocycles. The summed E-state index contributed by atoms with van der Waals surface area (Å²) < 4.78 is 0. The van der Waals surface area contributed by atoms with Crippen LogP contribution in [0.3, 0.4) is 0 Å². The molecule has 0 aromatic carbocycles. The molecule has 0 radical (unpaired) electrons. The maximum Gasteiger partial charge on any atom is 0.0599 e. The van der Waals surface area contributed by atoms with Crippen molar-refractivity contribution in [3.05, 3.63) is 0 Å². The van der Waals surface area contributed by atoms with Crippen LogP contribution in [-0.4, -0.2) is 11.2 Å². The molecule has 0 amide bonds. The summed E-state index contributed by atoms with van der Waals surface area (Å²) in [5.41, 5.74) is 0.225. The number of aliphatic hydroxyl groups excluding tert-OH is 1. The van der Waals surface area contributed by atoms with E-state index in [-0.39, 0.29) is 11.5 Å². The largest absolute Gasteiger partial charge is 0.393 e. The molecule has 0 saturated heterocycles. The van der Waals surface area contributed by atoms with E-state index in [0.717, 1.165) is 30.1 Å². The zero-order valence-electron chi connectivity index (χ0n) is 11.4. The molecule has 16 heavy (non-hydrogen) atoms. The summed E-state index contributed by atoms with van der Waals surface area (Å²) in [7, 11) is 0. The van der Waals surface area contributed by atoms with Crippen molar-refractivity contribution in [3.63, 3.8) is 0 Å². The molecule has 94 valence electrons. The van der Waals surface area contributed by atoms with E-state index in [0.29, 0.717) is 0 Å². The molecule has 2 aliphatic rings. The summed E-state index contributed by atoms with van der Waals surface area (Å²) in [6.07, 6.45) is 6.27. The van der Waals surface area contributed by atoms with Crippen LogP contribution in [-0.2, 0) is 0 Å². The van der Waals surface area contributed by atoms with Crippen LogP contribution in [0, 0.1) is 29.1 Å².